The molecule has 0 spiro atoms. The van der Waals surface area contributed by atoms with E-state index in [-0.39, 0.29) is 16.4 Å². The standard InChI is InChI=1S/C23H24N2O4S/c1-3-29-21-12-10-18(11-13-21)16-24-23(26)19-7-5-9-22(15-19)30(27,28)25-20-8-4-6-17(2)14-20/h4-15,25H,3,16H2,1-2H3,(H,24,26). The summed E-state index contributed by atoms with van der Waals surface area (Å²) in [6, 6.07) is 20.5. The fourth-order valence-corrected chi connectivity index (χ4v) is 3.98. The summed E-state index contributed by atoms with van der Waals surface area (Å²) in [5, 5.41) is 2.81. The van der Waals surface area contributed by atoms with Crippen LogP contribution in [0, 0.1) is 6.92 Å². The van der Waals surface area contributed by atoms with Crippen LogP contribution in [0.2, 0.25) is 0 Å². The maximum atomic E-state index is 12.7. The number of carbonyl (C=O) groups is 1. The van der Waals surface area contributed by atoms with Crippen molar-refractivity contribution in [1.82, 2.24) is 5.32 Å². The van der Waals surface area contributed by atoms with E-state index in [1.165, 1.54) is 12.1 Å². The Bertz CT molecular complexity index is 1130. The molecule has 0 aliphatic heterocycles. The lowest BCUT2D eigenvalue weighted by Crippen LogP contribution is -2.23. The molecular formula is C23H24N2O4S. The van der Waals surface area contributed by atoms with Crippen LogP contribution in [0.5, 0.6) is 5.75 Å². The Balaban J connectivity index is 1.68. The van der Waals surface area contributed by atoms with Gasteiger partial charge in [0, 0.05) is 17.8 Å². The maximum absolute atomic E-state index is 12.7. The molecule has 0 radical (unpaired) electrons. The van der Waals surface area contributed by atoms with E-state index in [2.05, 4.69) is 10.0 Å². The number of carbonyl (C=O) groups excluding carboxylic acids is 1. The SMILES string of the molecule is CCOc1ccc(CNC(=O)c2cccc(S(=O)(=O)Nc3cccc(C)c3)c2)cc1. The molecule has 156 valence electrons. The highest BCUT2D eigenvalue weighted by Gasteiger charge is 2.16. The zero-order chi connectivity index (χ0) is 21.6. The Morgan fingerprint density at radius 1 is 0.967 bits per heavy atom. The largest absolute Gasteiger partial charge is 0.494 e. The minimum Gasteiger partial charge on any atom is -0.494 e. The third-order valence-corrected chi connectivity index (χ3v) is 5.74. The molecule has 3 rings (SSSR count). The summed E-state index contributed by atoms with van der Waals surface area (Å²) in [6.45, 7) is 4.71. The summed E-state index contributed by atoms with van der Waals surface area (Å²) in [7, 11) is -3.81. The Kier molecular flexibility index (Phi) is 6.74. The zero-order valence-corrected chi connectivity index (χ0v) is 17.7. The topological polar surface area (TPSA) is 84.5 Å². The first-order valence-electron chi connectivity index (χ1n) is 9.57. The first-order chi connectivity index (χ1) is 14.4. The monoisotopic (exact) mass is 424 g/mol. The van der Waals surface area contributed by atoms with Gasteiger partial charge in [-0.25, -0.2) is 8.42 Å². The van der Waals surface area contributed by atoms with Gasteiger partial charge in [-0.05, 0) is 67.4 Å². The smallest absolute Gasteiger partial charge is 0.261 e. The van der Waals surface area contributed by atoms with Crippen molar-refractivity contribution in [2.45, 2.75) is 25.3 Å². The average molecular weight is 425 g/mol. The number of aryl methyl sites for hydroxylation is 1. The lowest BCUT2D eigenvalue weighted by atomic mass is 10.2. The number of benzene rings is 3. The third kappa shape index (κ3) is 5.61. The molecule has 6 nitrogen and oxygen atoms in total. The van der Waals surface area contributed by atoms with Crippen molar-refractivity contribution in [2.24, 2.45) is 0 Å². The van der Waals surface area contributed by atoms with Crippen LogP contribution in [0.3, 0.4) is 0 Å². The number of nitrogens with one attached hydrogen (secondary N) is 2. The molecule has 0 bridgehead atoms. The predicted octanol–water partition coefficient (Wildman–Crippen LogP) is 4.12. The van der Waals surface area contributed by atoms with Crippen LogP contribution in [0.4, 0.5) is 5.69 Å². The van der Waals surface area contributed by atoms with E-state index in [1.54, 1.807) is 30.3 Å². The second kappa shape index (κ2) is 9.45. The van der Waals surface area contributed by atoms with Crippen molar-refractivity contribution in [3.63, 3.8) is 0 Å². The number of hydrogen-bond acceptors (Lipinski definition) is 4. The second-order valence-corrected chi connectivity index (χ2v) is 8.44. The molecule has 0 atom stereocenters. The van der Waals surface area contributed by atoms with Crippen molar-refractivity contribution in [1.29, 1.82) is 0 Å². The van der Waals surface area contributed by atoms with E-state index in [1.807, 2.05) is 44.2 Å². The molecule has 0 saturated carbocycles. The fourth-order valence-electron chi connectivity index (χ4n) is 2.88. The molecule has 30 heavy (non-hydrogen) atoms. The number of hydrogen-bond donors (Lipinski definition) is 2. The molecule has 0 aromatic heterocycles. The molecule has 0 fully saturated rings. The van der Waals surface area contributed by atoms with Crippen molar-refractivity contribution in [3.05, 3.63) is 89.5 Å². The van der Waals surface area contributed by atoms with Crippen molar-refractivity contribution in [2.75, 3.05) is 11.3 Å². The Morgan fingerprint density at radius 2 is 1.70 bits per heavy atom. The zero-order valence-electron chi connectivity index (χ0n) is 16.9. The van der Waals surface area contributed by atoms with Gasteiger partial charge < -0.3 is 10.1 Å². The molecule has 0 aliphatic rings. The highest BCUT2D eigenvalue weighted by Crippen LogP contribution is 2.18. The van der Waals surface area contributed by atoms with Crippen LogP contribution in [0.15, 0.2) is 77.7 Å². The van der Waals surface area contributed by atoms with Crippen molar-refractivity contribution in [3.8, 4) is 5.75 Å². The first-order valence-corrected chi connectivity index (χ1v) is 11.0. The highest BCUT2D eigenvalue weighted by molar-refractivity contribution is 7.92. The minimum absolute atomic E-state index is 0.0257. The summed E-state index contributed by atoms with van der Waals surface area (Å²) in [5.74, 6) is 0.420. The van der Waals surface area contributed by atoms with Gasteiger partial charge in [-0.3, -0.25) is 9.52 Å². The molecule has 3 aromatic rings. The fraction of sp³-hybridized carbons (Fsp3) is 0.174. The van der Waals surface area contributed by atoms with Gasteiger partial charge in [0.05, 0.1) is 11.5 Å². The molecule has 7 heteroatoms. The molecule has 3 aromatic carbocycles. The van der Waals surface area contributed by atoms with Crippen LogP contribution >= 0.6 is 0 Å². The number of anilines is 1. The molecule has 0 saturated heterocycles. The number of sulfonamides is 1. The Labute approximate surface area is 177 Å². The second-order valence-electron chi connectivity index (χ2n) is 6.76. The van der Waals surface area contributed by atoms with E-state index in [0.717, 1.165) is 16.9 Å². The lowest BCUT2D eigenvalue weighted by Gasteiger charge is -2.11. The summed E-state index contributed by atoms with van der Waals surface area (Å²) in [5.41, 5.74) is 2.60. The maximum Gasteiger partial charge on any atom is 0.261 e. The van der Waals surface area contributed by atoms with E-state index >= 15 is 0 Å². The van der Waals surface area contributed by atoms with Crippen LogP contribution in [0.25, 0.3) is 0 Å². The number of rotatable bonds is 8. The van der Waals surface area contributed by atoms with Gasteiger partial charge in [0.2, 0.25) is 0 Å². The predicted molar refractivity (Wildman–Crippen MR) is 117 cm³/mol. The van der Waals surface area contributed by atoms with Gasteiger partial charge >= 0.3 is 0 Å². The van der Waals surface area contributed by atoms with E-state index in [9.17, 15) is 13.2 Å². The number of amides is 1. The summed E-state index contributed by atoms with van der Waals surface area (Å²) < 4.78 is 33.3. The Morgan fingerprint density at radius 3 is 2.40 bits per heavy atom. The van der Waals surface area contributed by atoms with Gasteiger partial charge in [0.1, 0.15) is 5.75 Å². The minimum atomic E-state index is -3.81. The lowest BCUT2D eigenvalue weighted by molar-refractivity contribution is 0.0950. The van der Waals surface area contributed by atoms with Gasteiger partial charge in [-0.1, -0.05) is 30.3 Å². The van der Waals surface area contributed by atoms with E-state index < -0.39 is 10.0 Å². The van der Waals surface area contributed by atoms with Crippen LogP contribution in [-0.2, 0) is 16.6 Å². The van der Waals surface area contributed by atoms with Gasteiger partial charge in [0.25, 0.3) is 15.9 Å². The summed E-state index contributed by atoms with van der Waals surface area (Å²) in [6.07, 6.45) is 0. The molecular weight excluding hydrogens is 400 g/mol. The van der Waals surface area contributed by atoms with Crippen LogP contribution in [0.1, 0.15) is 28.4 Å². The van der Waals surface area contributed by atoms with Gasteiger partial charge in [0.15, 0.2) is 0 Å². The van der Waals surface area contributed by atoms with E-state index in [4.69, 9.17) is 4.74 Å². The van der Waals surface area contributed by atoms with Gasteiger partial charge in [-0.2, -0.15) is 0 Å². The van der Waals surface area contributed by atoms with Crippen molar-refractivity contribution < 1.29 is 17.9 Å². The molecule has 2 N–H and O–H groups in total. The molecule has 1 amide bonds. The summed E-state index contributed by atoms with van der Waals surface area (Å²) in [4.78, 5) is 12.5. The van der Waals surface area contributed by atoms with Gasteiger partial charge in [-0.15, -0.1) is 0 Å². The average Bonchev–Trinajstić information content (AvgIpc) is 2.73. The van der Waals surface area contributed by atoms with E-state index in [0.29, 0.717) is 18.8 Å². The van der Waals surface area contributed by atoms with Crippen LogP contribution < -0.4 is 14.8 Å². The quantitative estimate of drug-likeness (QED) is 0.570. The molecule has 0 unspecified atom stereocenters. The third-order valence-electron chi connectivity index (χ3n) is 4.36. The van der Waals surface area contributed by atoms with Crippen molar-refractivity contribution >= 4 is 21.6 Å². The summed E-state index contributed by atoms with van der Waals surface area (Å²) >= 11 is 0. The first kappa shape index (κ1) is 21.4. The Hall–Kier alpha value is -3.32. The number of ether oxygens (including phenoxy) is 1. The van der Waals surface area contributed by atoms with Crippen LogP contribution in [-0.4, -0.2) is 20.9 Å². The normalized spacial score (nSPS) is 11.0. The highest BCUT2D eigenvalue weighted by atomic mass is 32.2. The molecule has 0 heterocycles. The molecule has 0 aliphatic carbocycles.